The van der Waals surface area contributed by atoms with Gasteiger partial charge in [-0.2, -0.15) is 0 Å². The molecule has 1 fully saturated rings. The van der Waals surface area contributed by atoms with Crippen LogP contribution in [0.25, 0.3) is 0 Å². The molecule has 1 amide bonds. The molecule has 0 aliphatic carbocycles. The van der Waals surface area contributed by atoms with E-state index in [-0.39, 0.29) is 18.4 Å². The molecule has 1 atom stereocenters. The van der Waals surface area contributed by atoms with Crippen molar-refractivity contribution in [2.24, 2.45) is 5.92 Å². The van der Waals surface area contributed by atoms with Gasteiger partial charge in [0.25, 0.3) is 0 Å². The summed E-state index contributed by atoms with van der Waals surface area (Å²) in [5.74, 6) is 0.909. The van der Waals surface area contributed by atoms with E-state index in [2.05, 4.69) is 41.9 Å². The third-order valence-corrected chi connectivity index (χ3v) is 5.70. The smallest absolute Gasteiger partial charge is 0.232 e. The molecule has 3 nitrogen and oxygen atoms in total. The fourth-order valence-electron chi connectivity index (χ4n) is 2.35. The summed E-state index contributed by atoms with van der Waals surface area (Å²) in [5.41, 5.74) is 2.38. The highest BCUT2D eigenvalue weighted by molar-refractivity contribution is 9.10. The van der Waals surface area contributed by atoms with Gasteiger partial charge in [0.05, 0.1) is 5.75 Å². The van der Waals surface area contributed by atoms with Crippen molar-refractivity contribution >= 4 is 33.6 Å². The van der Waals surface area contributed by atoms with Gasteiger partial charge in [-0.15, -0.1) is 11.8 Å². The predicted octanol–water partition coefficient (Wildman–Crippen LogP) is 3.00. The fraction of sp³-hybridized carbons (Fsp3) is 0.533. The third-order valence-electron chi connectivity index (χ3n) is 3.70. The van der Waals surface area contributed by atoms with Gasteiger partial charge in [0, 0.05) is 35.0 Å². The topological polar surface area (TPSA) is 40.5 Å². The van der Waals surface area contributed by atoms with E-state index in [4.69, 9.17) is 5.11 Å². The van der Waals surface area contributed by atoms with Crippen molar-refractivity contribution < 1.29 is 9.90 Å². The number of aliphatic hydroxyl groups is 1. The first kappa shape index (κ1) is 15.9. The van der Waals surface area contributed by atoms with E-state index in [9.17, 15) is 4.79 Å². The average molecular weight is 358 g/mol. The minimum atomic E-state index is 0.172. The molecule has 1 aliphatic heterocycles. The Labute approximate surface area is 132 Å². The number of hydrogen-bond donors (Lipinski definition) is 1. The Kier molecular flexibility index (Phi) is 5.52. The Hall–Kier alpha value is -0.520. The first-order valence-corrected chi connectivity index (χ1v) is 8.57. The molecule has 0 spiro atoms. The van der Waals surface area contributed by atoms with Gasteiger partial charge < -0.3 is 10.0 Å². The average Bonchev–Trinajstić information content (AvgIpc) is 2.90. The number of hydrogen-bond acceptors (Lipinski definition) is 3. The maximum absolute atomic E-state index is 12.2. The second-order valence-electron chi connectivity index (χ2n) is 5.33. The van der Waals surface area contributed by atoms with Crippen LogP contribution in [0.15, 0.2) is 21.5 Å². The molecule has 5 heteroatoms. The molecule has 1 heterocycles. The number of carbonyl (C=O) groups is 1. The first-order valence-electron chi connectivity index (χ1n) is 6.79. The second-order valence-corrected chi connectivity index (χ2v) is 7.20. The molecular weight excluding hydrogens is 338 g/mol. The molecule has 1 unspecified atom stereocenters. The van der Waals surface area contributed by atoms with Crippen molar-refractivity contribution in [3.8, 4) is 0 Å². The highest BCUT2D eigenvalue weighted by atomic mass is 79.9. The molecule has 2 rings (SSSR count). The number of rotatable bonds is 4. The quantitative estimate of drug-likeness (QED) is 0.842. The Morgan fingerprint density at radius 3 is 2.85 bits per heavy atom. The van der Waals surface area contributed by atoms with Gasteiger partial charge in [-0.25, -0.2) is 0 Å². The molecule has 20 heavy (non-hydrogen) atoms. The number of aryl methyl sites for hydroxylation is 2. The maximum atomic E-state index is 12.2. The Balaban J connectivity index is 1.92. The summed E-state index contributed by atoms with van der Waals surface area (Å²) in [6.07, 6.45) is 0.920. The predicted molar refractivity (Wildman–Crippen MR) is 86.1 cm³/mol. The lowest BCUT2D eigenvalue weighted by Gasteiger charge is -2.16. The molecular formula is C15H20BrNO2S. The molecule has 1 N–H and O–H groups in total. The summed E-state index contributed by atoms with van der Waals surface area (Å²) < 4.78 is 1.11. The van der Waals surface area contributed by atoms with Crippen molar-refractivity contribution in [3.63, 3.8) is 0 Å². The van der Waals surface area contributed by atoms with Crippen molar-refractivity contribution in [1.82, 2.24) is 4.90 Å². The molecule has 1 aliphatic rings. The fourth-order valence-corrected chi connectivity index (χ4v) is 3.82. The lowest BCUT2D eigenvalue weighted by molar-refractivity contribution is -0.127. The monoisotopic (exact) mass is 357 g/mol. The number of halogens is 1. The molecule has 0 saturated carbocycles. The van der Waals surface area contributed by atoms with Gasteiger partial charge in [0.15, 0.2) is 0 Å². The molecule has 0 radical (unpaired) electrons. The van der Waals surface area contributed by atoms with Gasteiger partial charge in [-0.1, -0.05) is 15.9 Å². The zero-order valence-electron chi connectivity index (χ0n) is 11.9. The normalized spacial score (nSPS) is 18.6. The molecule has 0 bridgehead atoms. The van der Waals surface area contributed by atoms with Crippen LogP contribution in [-0.4, -0.2) is 41.4 Å². The van der Waals surface area contributed by atoms with Crippen LogP contribution in [0.4, 0.5) is 0 Å². The summed E-state index contributed by atoms with van der Waals surface area (Å²) in [6, 6.07) is 4.22. The number of carbonyl (C=O) groups excluding carboxylic acids is 1. The zero-order chi connectivity index (χ0) is 14.7. The maximum Gasteiger partial charge on any atom is 0.232 e. The van der Waals surface area contributed by atoms with Crippen LogP contribution in [0.5, 0.6) is 0 Å². The number of aliphatic hydroxyl groups excluding tert-OH is 1. The molecule has 1 aromatic carbocycles. The van der Waals surface area contributed by atoms with Gasteiger partial charge in [-0.05, 0) is 43.5 Å². The minimum absolute atomic E-state index is 0.172. The standard InChI is InChI=1S/C15H20BrNO2S/c1-10-6-14(11(2)5-13(10)16)20-9-15(19)17-4-3-12(7-17)8-18/h5-6,12,18H,3-4,7-9H2,1-2H3. The summed E-state index contributed by atoms with van der Waals surface area (Å²) >= 11 is 5.12. The van der Waals surface area contributed by atoms with E-state index in [1.807, 2.05) is 4.90 Å². The highest BCUT2D eigenvalue weighted by Gasteiger charge is 2.25. The zero-order valence-corrected chi connectivity index (χ0v) is 14.3. The minimum Gasteiger partial charge on any atom is -0.396 e. The van der Waals surface area contributed by atoms with Crippen molar-refractivity contribution in [1.29, 1.82) is 0 Å². The van der Waals surface area contributed by atoms with E-state index in [1.54, 1.807) is 11.8 Å². The summed E-state index contributed by atoms with van der Waals surface area (Å²) in [7, 11) is 0. The molecule has 1 saturated heterocycles. The van der Waals surface area contributed by atoms with Crippen LogP contribution in [-0.2, 0) is 4.79 Å². The van der Waals surface area contributed by atoms with Crippen LogP contribution in [0.1, 0.15) is 17.5 Å². The lowest BCUT2D eigenvalue weighted by atomic mass is 10.1. The van der Waals surface area contributed by atoms with Crippen molar-refractivity contribution in [2.75, 3.05) is 25.4 Å². The largest absolute Gasteiger partial charge is 0.396 e. The van der Waals surface area contributed by atoms with Crippen molar-refractivity contribution in [2.45, 2.75) is 25.2 Å². The van der Waals surface area contributed by atoms with Crippen LogP contribution < -0.4 is 0 Å². The van der Waals surface area contributed by atoms with E-state index in [1.165, 1.54) is 11.1 Å². The van der Waals surface area contributed by atoms with Crippen LogP contribution in [0.2, 0.25) is 0 Å². The third kappa shape index (κ3) is 3.77. The van der Waals surface area contributed by atoms with Gasteiger partial charge in [0.1, 0.15) is 0 Å². The van der Waals surface area contributed by atoms with Gasteiger partial charge >= 0.3 is 0 Å². The summed E-state index contributed by atoms with van der Waals surface area (Å²) in [6.45, 7) is 5.79. The summed E-state index contributed by atoms with van der Waals surface area (Å²) in [5, 5.41) is 9.12. The van der Waals surface area contributed by atoms with Gasteiger partial charge in [0.2, 0.25) is 5.91 Å². The highest BCUT2D eigenvalue weighted by Crippen LogP contribution is 2.29. The Morgan fingerprint density at radius 2 is 2.20 bits per heavy atom. The van der Waals surface area contributed by atoms with E-state index in [0.29, 0.717) is 12.3 Å². The van der Waals surface area contributed by atoms with E-state index < -0.39 is 0 Å². The number of amides is 1. The Bertz CT molecular complexity index is 507. The summed E-state index contributed by atoms with van der Waals surface area (Å²) in [4.78, 5) is 15.2. The molecule has 1 aromatic rings. The van der Waals surface area contributed by atoms with Crippen LogP contribution in [0.3, 0.4) is 0 Å². The van der Waals surface area contributed by atoms with Crippen molar-refractivity contribution in [3.05, 3.63) is 27.7 Å². The number of likely N-dealkylation sites (tertiary alicyclic amines) is 1. The molecule has 0 aromatic heterocycles. The van der Waals surface area contributed by atoms with E-state index >= 15 is 0 Å². The lowest BCUT2D eigenvalue weighted by Crippen LogP contribution is -2.30. The number of nitrogens with zero attached hydrogens (tertiary/aromatic N) is 1. The number of benzene rings is 1. The Morgan fingerprint density at radius 1 is 1.45 bits per heavy atom. The van der Waals surface area contributed by atoms with Crippen LogP contribution >= 0.6 is 27.7 Å². The van der Waals surface area contributed by atoms with Gasteiger partial charge in [-0.3, -0.25) is 4.79 Å². The van der Waals surface area contributed by atoms with Crippen LogP contribution in [0, 0.1) is 19.8 Å². The number of thioether (sulfide) groups is 1. The molecule has 110 valence electrons. The SMILES string of the molecule is Cc1cc(SCC(=O)N2CCC(CO)C2)c(C)cc1Br. The second kappa shape index (κ2) is 6.96. The van der Waals surface area contributed by atoms with E-state index in [0.717, 1.165) is 22.3 Å². The first-order chi connectivity index (χ1) is 9.51.